The second-order valence-corrected chi connectivity index (χ2v) is 3.89. The van der Waals surface area contributed by atoms with E-state index in [1.54, 1.807) is 42.2 Å². The number of hydrogen-bond donors (Lipinski definition) is 2. The standard InChI is InChI=1S/C14H13N3O2/c1-17-10-12(9-15-17)14(19)16-13-6-4-11(5-7-13)3-2-8-18/h4-7,9-10,18H,8H2,1H3,(H,16,19). The van der Waals surface area contributed by atoms with E-state index in [1.165, 1.54) is 6.20 Å². The van der Waals surface area contributed by atoms with E-state index in [9.17, 15) is 4.79 Å². The van der Waals surface area contributed by atoms with Crippen LogP contribution in [0.15, 0.2) is 36.7 Å². The fraction of sp³-hybridized carbons (Fsp3) is 0.143. The van der Waals surface area contributed by atoms with Gasteiger partial charge < -0.3 is 10.4 Å². The van der Waals surface area contributed by atoms with Crippen molar-refractivity contribution in [2.75, 3.05) is 11.9 Å². The molecule has 0 bridgehead atoms. The molecular weight excluding hydrogens is 242 g/mol. The molecule has 1 amide bonds. The lowest BCUT2D eigenvalue weighted by Crippen LogP contribution is -2.10. The number of carbonyl (C=O) groups is 1. The molecular formula is C14H13N3O2. The Balaban J connectivity index is 2.05. The smallest absolute Gasteiger partial charge is 0.258 e. The summed E-state index contributed by atoms with van der Waals surface area (Å²) in [5.41, 5.74) is 1.98. The predicted octanol–water partition coefficient (Wildman–Crippen LogP) is 1.02. The lowest BCUT2D eigenvalue weighted by molar-refractivity contribution is 0.102. The van der Waals surface area contributed by atoms with Crippen LogP contribution in [0.2, 0.25) is 0 Å². The highest BCUT2D eigenvalue weighted by Crippen LogP contribution is 2.10. The Kier molecular flexibility index (Phi) is 3.96. The van der Waals surface area contributed by atoms with Gasteiger partial charge in [0.1, 0.15) is 6.61 Å². The maximum absolute atomic E-state index is 11.9. The number of nitrogens with zero attached hydrogens (tertiary/aromatic N) is 2. The van der Waals surface area contributed by atoms with Gasteiger partial charge in [0.15, 0.2) is 0 Å². The van der Waals surface area contributed by atoms with Gasteiger partial charge in [-0.25, -0.2) is 0 Å². The number of rotatable bonds is 2. The van der Waals surface area contributed by atoms with Crippen LogP contribution in [0, 0.1) is 11.8 Å². The Bertz CT molecular complexity index is 633. The summed E-state index contributed by atoms with van der Waals surface area (Å²) in [4.78, 5) is 11.9. The SMILES string of the molecule is Cn1cc(C(=O)Nc2ccc(C#CCO)cc2)cn1. The lowest BCUT2D eigenvalue weighted by atomic mass is 10.2. The maximum atomic E-state index is 11.9. The molecule has 2 aromatic rings. The Hall–Kier alpha value is -2.58. The van der Waals surface area contributed by atoms with Crippen molar-refractivity contribution >= 4 is 11.6 Å². The zero-order chi connectivity index (χ0) is 13.7. The first-order valence-corrected chi connectivity index (χ1v) is 5.69. The van der Waals surface area contributed by atoms with Crippen LogP contribution in [0.4, 0.5) is 5.69 Å². The van der Waals surface area contributed by atoms with Crippen LogP contribution in [0.5, 0.6) is 0 Å². The molecule has 0 aliphatic heterocycles. The quantitative estimate of drug-likeness (QED) is 0.787. The highest BCUT2D eigenvalue weighted by molar-refractivity contribution is 6.03. The number of hydrogen-bond acceptors (Lipinski definition) is 3. The molecule has 0 saturated carbocycles. The van der Waals surface area contributed by atoms with Crippen LogP contribution in [0.25, 0.3) is 0 Å². The summed E-state index contributed by atoms with van der Waals surface area (Å²) in [7, 11) is 1.76. The zero-order valence-corrected chi connectivity index (χ0v) is 10.4. The van der Waals surface area contributed by atoms with E-state index in [2.05, 4.69) is 22.3 Å². The average molecular weight is 255 g/mol. The monoisotopic (exact) mass is 255 g/mol. The van der Waals surface area contributed by atoms with Crippen molar-refractivity contribution in [2.45, 2.75) is 0 Å². The van der Waals surface area contributed by atoms with Gasteiger partial charge in [0.2, 0.25) is 0 Å². The largest absolute Gasteiger partial charge is 0.384 e. The predicted molar refractivity (Wildman–Crippen MR) is 71.6 cm³/mol. The van der Waals surface area contributed by atoms with Crippen molar-refractivity contribution in [1.82, 2.24) is 9.78 Å². The summed E-state index contributed by atoms with van der Waals surface area (Å²) in [6.07, 6.45) is 3.16. The normalized spacial score (nSPS) is 9.58. The molecule has 0 aliphatic carbocycles. The van der Waals surface area contributed by atoms with Gasteiger partial charge in [0.05, 0.1) is 11.8 Å². The highest BCUT2D eigenvalue weighted by atomic mass is 16.2. The van der Waals surface area contributed by atoms with Gasteiger partial charge in [0.25, 0.3) is 5.91 Å². The summed E-state index contributed by atoms with van der Waals surface area (Å²) >= 11 is 0. The first-order chi connectivity index (χ1) is 9.19. The number of aliphatic hydroxyl groups is 1. The number of aryl methyl sites for hydroxylation is 1. The molecule has 0 spiro atoms. The summed E-state index contributed by atoms with van der Waals surface area (Å²) in [5, 5.41) is 15.3. The number of carbonyl (C=O) groups excluding carboxylic acids is 1. The van der Waals surface area contributed by atoms with Crippen LogP contribution < -0.4 is 5.32 Å². The third-order valence-electron chi connectivity index (χ3n) is 2.42. The third-order valence-corrected chi connectivity index (χ3v) is 2.42. The minimum atomic E-state index is -0.206. The number of anilines is 1. The van der Waals surface area contributed by atoms with Gasteiger partial charge in [-0.1, -0.05) is 11.8 Å². The molecule has 19 heavy (non-hydrogen) atoms. The topological polar surface area (TPSA) is 67.2 Å². The molecule has 2 rings (SSSR count). The average Bonchev–Trinajstić information content (AvgIpc) is 2.85. The first-order valence-electron chi connectivity index (χ1n) is 5.69. The van der Waals surface area contributed by atoms with Crippen molar-refractivity contribution in [3.05, 3.63) is 47.8 Å². The van der Waals surface area contributed by atoms with Crippen molar-refractivity contribution in [2.24, 2.45) is 7.05 Å². The van der Waals surface area contributed by atoms with Gasteiger partial charge in [-0.05, 0) is 24.3 Å². The van der Waals surface area contributed by atoms with E-state index in [0.29, 0.717) is 11.3 Å². The molecule has 0 aliphatic rings. The van der Waals surface area contributed by atoms with E-state index < -0.39 is 0 Å². The van der Waals surface area contributed by atoms with Crippen molar-refractivity contribution in [1.29, 1.82) is 0 Å². The molecule has 0 unspecified atom stereocenters. The number of benzene rings is 1. The molecule has 2 N–H and O–H groups in total. The summed E-state index contributed by atoms with van der Waals surface area (Å²) in [6, 6.07) is 7.08. The van der Waals surface area contributed by atoms with Crippen LogP contribution in [-0.4, -0.2) is 27.4 Å². The van der Waals surface area contributed by atoms with E-state index >= 15 is 0 Å². The number of aliphatic hydroxyl groups excluding tert-OH is 1. The number of amides is 1. The molecule has 0 radical (unpaired) electrons. The van der Waals surface area contributed by atoms with Crippen molar-refractivity contribution in [3.63, 3.8) is 0 Å². The Morgan fingerprint density at radius 2 is 2.16 bits per heavy atom. The van der Waals surface area contributed by atoms with Gasteiger partial charge >= 0.3 is 0 Å². The van der Waals surface area contributed by atoms with Crippen LogP contribution >= 0.6 is 0 Å². The number of nitrogens with one attached hydrogen (secondary N) is 1. The van der Waals surface area contributed by atoms with Crippen molar-refractivity contribution < 1.29 is 9.90 Å². The second-order valence-electron chi connectivity index (χ2n) is 3.89. The molecule has 96 valence electrons. The molecule has 5 heteroatoms. The fourth-order valence-electron chi connectivity index (χ4n) is 1.52. The van der Waals surface area contributed by atoms with Gasteiger partial charge in [0, 0.05) is 24.5 Å². The summed E-state index contributed by atoms with van der Waals surface area (Å²) < 4.78 is 1.57. The van der Waals surface area contributed by atoms with E-state index in [1.807, 2.05) is 0 Å². The number of aromatic nitrogens is 2. The summed E-state index contributed by atoms with van der Waals surface area (Å²) in [5.74, 6) is 5.14. The van der Waals surface area contributed by atoms with Crippen LogP contribution in [0.1, 0.15) is 15.9 Å². The van der Waals surface area contributed by atoms with E-state index in [-0.39, 0.29) is 12.5 Å². The highest BCUT2D eigenvalue weighted by Gasteiger charge is 2.07. The molecule has 1 aromatic heterocycles. The van der Waals surface area contributed by atoms with E-state index in [4.69, 9.17) is 5.11 Å². The minimum Gasteiger partial charge on any atom is -0.384 e. The second kappa shape index (κ2) is 5.85. The fourth-order valence-corrected chi connectivity index (χ4v) is 1.52. The van der Waals surface area contributed by atoms with Gasteiger partial charge in [-0.3, -0.25) is 9.48 Å². The molecule has 0 fully saturated rings. The van der Waals surface area contributed by atoms with Gasteiger partial charge in [-0.15, -0.1) is 0 Å². The summed E-state index contributed by atoms with van der Waals surface area (Å²) in [6.45, 7) is -0.167. The first kappa shape index (κ1) is 12.9. The van der Waals surface area contributed by atoms with Gasteiger partial charge in [-0.2, -0.15) is 5.10 Å². The van der Waals surface area contributed by atoms with Crippen molar-refractivity contribution in [3.8, 4) is 11.8 Å². The maximum Gasteiger partial charge on any atom is 0.258 e. The molecule has 1 aromatic carbocycles. The third kappa shape index (κ3) is 3.44. The minimum absolute atomic E-state index is 0.167. The Morgan fingerprint density at radius 1 is 1.42 bits per heavy atom. The molecule has 1 heterocycles. The zero-order valence-electron chi connectivity index (χ0n) is 10.4. The van der Waals surface area contributed by atoms with E-state index in [0.717, 1.165) is 5.56 Å². The Morgan fingerprint density at radius 3 is 2.74 bits per heavy atom. The molecule has 5 nitrogen and oxygen atoms in total. The Labute approximate surface area is 110 Å². The van der Waals surface area contributed by atoms with Crippen LogP contribution in [0.3, 0.4) is 0 Å². The van der Waals surface area contributed by atoms with Crippen LogP contribution in [-0.2, 0) is 7.05 Å². The molecule has 0 atom stereocenters. The lowest BCUT2D eigenvalue weighted by Gasteiger charge is -2.03. The molecule has 0 saturated heterocycles.